The van der Waals surface area contributed by atoms with Gasteiger partial charge in [-0.2, -0.15) is 13.2 Å². The van der Waals surface area contributed by atoms with Gasteiger partial charge < -0.3 is 34.5 Å². The quantitative estimate of drug-likeness (QED) is 0.313. The molecule has 13 heteroatoms. The minimum absolute atomic E-state index is 0.123. The number of aliphatic carboxylic acids is 1. The highest BCUT2D eigenvalue weighted by Crippen LogP contribution is 2.49. The van der Waals surface area contributed by atoms with E-state index in [0.29, 0.717) is 17.2 Å². The SMILES string of the molecule is COc1ccc([C@@]23CC[C@@H](NC(=S)Nc4ccc(-c5cnco5)cc4)C[C@@H]2N(C)CC3)cc1OC.O=C(O)C(F)(F)F. The number of fused-ring (bicyclic) bond motifs is 1. The Morgan fingerprint density at radius 2 is 1.83 bits per heavy atom. The fourth-order valence-corrected chi connectivity index (χ4v) is 6.11. The van der Waals surface area contributed by atoms with Crippen molar-refractivity contribution in [1.29, 1.82) is 0 Å². The minimum Gasteiger partial charge on any atom is -0.493 e. The molecule has 0 bridgehead atoms. The maximum absolute atomic E-state index is 10.6. The number of methoxy groups -OCH3 is 2. The lowest BCUT2D eigenvalue weighted by atomic mass is 9.65. The molecule has 2 aromatic carbocycles. The third-order valence-corrected chi connectivity index (χ3v) is 8.14. The van der Waals surface area contributed by atoms with E-state index in [1.54, 1.807) is 20.4 Å². The van der Waals surface area contributed by atoms with Crippen LogP contribution in [-0.2, 0) is 10.2 Å². The molecule has 1 saturated carbocycles. The molecule has 2 fully saturated rings. The van der Waals surface area contributed by atoms with Gasteiger partial charge in [0.25, 0.3) is 0 Å². The molecule has 0 spiro atoms. The van der Waals surface area contributed by atoms with E-state index in [0.717, 1.165) is 60.7 Å². The molecule has 0 amide bonds. The standard InChI is InChI=1S/C27H32N4O3S.C2HF3O2/c1-31-13-12-27(19-6-9-22(32-2)23(14-19)33-3)11-10-21(15-25(27)31)30-26(35)29-20-7-4-18(5-8-20)24-16-28-17-34-24;3-2(4,5)1(6)7/h4-9,14,16-17,21,25H,10-13,15H2,1-3H3,(H2,29,30,35);(H,6,7)/t21-,25+,27+;/m1./s1. The fraction of sp³-hybridized carbons (Fsp3) is 0.414. The number of rotatable bonds is 6. The van der Waals surface area contributed by atoms with Crippen molar-refractivity contribution in [1.82, 2.24) is 15.2 Å². The van der Waals surface area contributed by atoms with E-state index in [9.17, 15) is 13.2 Å². The van der Waals surface area contributed by atoms with Gasteiger partial charge in [-0.1, -0.05) is 6.07 Å². The molecule has 2 heterocycles. The van der Waals surface area contributed by atoms with Gasteiger partial charge in [-0.25, -0.2) is 9.78 Å². The lowest BCUT2D eigenvalue weighted by Crippen LogP contribution is -2.52. The Morgan fingerprint density at radius 3 is 2.43 bits per heavy atom. The highest BCUT2D eigenvalue weighted by atomic mass is 32.1. The lowest BCUT2D eigenvalue weighted by Gasteiger charge is -2.45. The fourth-order valence-electron chi connectivity index (χ4n) is 5.82. The monoisotopic (exact) mass is 606 g/mol. The Kier molecular flexibility index (Phi) is 9.62. The van der Waals surface area contributed by atoms with Gasteiger partial charge in [0.1, 0.15) is 0 Å². The largest absolute Gasteiger partial charge is 0.493 e. The first-order chi connectivity index (χ1) is 20.0. The van der Waals surface area contributed by atoms with Crippen LogP contribution in [0, 0.1) is 0 Å². The maximum Gasteiger partial charge on any atom is 0.490 e. The Labute approximate surface area is 247 Å². The number of carbonyl (C=O) groups is 1. The number of carboxylic acid groups (broad SMARTS) is 1. The van der Waals surface area contributed by atoms with Gasteiger partial charge in [-0.05, 0) is 93.5 Å². The molecule has 1 saturated heterocycles. The summed E-state index contributed by atoms with van der Waals surface area (Å²) < 4.78 is 48.2. The number of nitrogens with one attached hydrogen (secondary N) is 2. The third-order valence-electron chi connectivity index (χ3n) is 7.92. The van der Waals surface area contributed by atoms with Crippen molar-refractivity contribution in [3.05, 3.63) is 60.6 Å². The number of likely N-dealkylation sites (N-methyl/N-ethyl adjacent to an activating group) is 1. The summed E-state index contributed by atoms with van der Waals surface area (Å²) in [6.45, 7) is 1.09. The zero-order chi connectivity index (χ0) is 30.5. The molecule has 1 aromatic heterocycles. The number of aromatic nitrogens is 1. The summed E-state index contributed by atoms with van der Waals surface area (Å²) in [4.78, 5) is 15.4. The van der Waals surface area contributed by atoms with Crippen LogP contribution >= 0.6 is 12.2 Å². The number of thiocarbonyl (C=S) groups is 1. The molecule has 3 atom stereocenters. The highest BCUT2D eigenvalue weighted by Gasteiger charge is 2.50. The first-order valence-corrected chi connectivity index (χ1v) is 13.7. The number of likely N-dealkylation sites (tertiary alicyclic amines) is 1. The van der Waals surface area contributed by atoms with Gasteiger partial charge in [0.15, 0.2) is 28.8 Å². The first kappa shape index (κ1) is 31.1. The van der Waals surface area contributed by atoms with E-state index in [2.05, 4.69) is 39.7 Å². The van der Waals surface area contributed by atoms with Crippen molar-refractivity contribution in [3.63, 3.8) is 0 Å². The number of carboxylic acids is 1. The molecule has 3 N–H and O–H groups in total. The van der Waals surface area contributed by atoms with Crippen molar-refractivity contribution in [2.45, 2.75) is 49.4 Å². The summed E-state index contributed by atoms with van der Waals surface area (Å²) in [5.41, 5.74) is 3.39. The molecule has 9 nitrogen and oxygen atoms in total. The molecule has 42 heavy (non-hydrogen) atoms. The molecule has 0 unspecified atom stereocenters. The van der Waals surface area contributed by atoms with Gasteiger partial charge >= 0.3 is 12.1 Å². The molecule has 3 aromatic rings. The Bertz CT molecular complexity index is 1370. The van der Waals surface area contributed by atoms with E-state index < -0.39 is 12.1 Å². The van der Waals surface area contributed by atoms with Crippen LogP contribution in [0.1, 0.15) is 31.2 Å². The van der Waals surface area contributed by atoms with Gasteiger partial charge in [0.05, 0.1) is 20.4 Å². The smallest absolute Gasteiger partial charge is 0.490 e. The summed E-state index contributed by atoms with van der Waals surface area (Å²) >= 11 is 5.67. The van der Waals surface area contributed by atoms with E-state index in [1.807, 2.05) is 30.3 Å². The topological polar surface area (TPSA) is 109 Å². The summed E-state index contributed by atoms with van der Waals surface area (Å²) in [5.74, 6) is -0.436. The molecule has 5 rings (SSSR count). The predicted molar refractivity (Wildman–Crippen MR) is 155 cm³/mol. The summed E-state index contributed by atoms with van der Waals surface area (Å²) in [5, 5.41) is 14.7. The first-order valence-electron chi connectivity index (χ1n) is 13.3. The number of anilines is 1. The number of ether oxygens (including phenoxy) is 2. The average molecular weight is 607 g/mol. The van der Waals surface area contributed by atoms with Crippen LogP contribution in [0.5, 0.6) is 11.5 Å². The van der Waals surface area contributed by atoms with E-state index in [1.165, 1.54) is 12.0 Å². The molecule has 226 valence electrons. The van der Waals surface area contributed by atoms with Crippen LogP contribution in [0.25, 0.3) is 11.3 Å². The second kappa shape index (κ2) is 13.0. The van der Waals surface area contributed by atoms with Crippen LogP contribution in [-0.4, -0.2) is 72.1 Å². The normalized spacial score (nSPS) is 21.9. The predicted octanol–water partition coefficient (Wildman–Crippen LogP) is 5.47. The van der Waals surface area contributed by atoms with Crippen LogP contribution in [0.15, 0.2) is 59.5 Å². The van der Waals surface area contributed by atoms with Gasteiger partial charge in [-0.15, -0.1) is 0 Å². The minimum atomic E-state index is -5.08. The number of halogens is 3. The van der Waals surface area contributed by atoms with Gasteiger partial charge in [0, 0.05) is 28.7 Å². The Morgan fingerprint density at radius 1 is 1.14 bits per heavy atom. The molecule has 1 aliphatic carbocycles. The average Bonchev–Trinajstić information content (AvgIpc) is 3.62. The third kappa shape index (κ3) is 6.96. The number of hydrogen-bond acceptors (Lipinski definition) is 7. The zero-order valence-electron chi connectivity index (χ0n) is 23.4. The Balaban J connectivity index is 0.000000517. The Hall–Kier alpha value is -3.84. The van der Waals surface area contributed by atoms with Crippen LogP contribution in [0.4, 0.5) is 18.9 Å². The van der Waals surface area contributed by atoms with E-state index in [-0.39, 0.29) is 5.41 Å². The second-order valence-electron chi connectivity index (χ2n) is 10.3. The van der Waals surface area contributed by atoms with Crippen molar-refractivity contribution in [2.24, 2.45) is 0 Å². The number of alkyl halides is 3. The van der Waals surface area contributed by atoms with Crippen LogP contribution in [0.2, 0.25) is 0 Å². The highest BCUT2D eigenvalue weighted by molar-refractivity contribution is 7.80. The van der Waals surface area contributed by atoms with Crippen LogP contribution < -0.4 is 20.1 Å². The lowest BCUT2D eigenvalue weighted by molar-refractivity contribution is -0.192. The van der Waals surface area contributed by atoms with E-state index >= 15 is 0 Å². The molecular formula is C29H33F3N4O5S. The summed E-state index contributed by atoms with van der Waals surface area (Å²) in [6, 6.07) is 15.2. The zero-order valence-corrected chi connectivity index (χ0v) is 24.2. The number of oxazole rings is 1. The van der Waals surface area contributed by atoms with Crippen molar-refractivity contribution >= 4 is 29.0 Å². The van der Waals surface area contributed by atoms with Crippen molar-refractivity contribution in [2.75, 3.05) is 33.1 Å². The van der Waals surface area contributed by atoms with Crippen LogP contribution in [0.3, 0.4) is 0 Å². The second-order valence-corrected chi connectivity index (χ2v) is 10.7. The molecular weight excluding hydrogens is 573 g/mol. The molecule has 2 aliphatic rings. The molecule has 1 aliphatic heterocycles. The molecule has 0 radical (unpaired) electrons. The number of hydrogen-bond donors (Lipinski definition) is 3. The van der Waals surface area contributed by atoms with Crippen molar-refractivity contribution < 1.29 is 37.0 Å². The number of nitrogens with zero attached hydrogens (tertiary/aromatic N) is 2. The summed E-state index contributed by atoms with van der Waals surface area (Å²) in [6.07, 6.45) is 2.41. The van der Waals surface area contributed by atoms with Gasteiger partial charge in [-0.3, -0.25) is 0 Å². The maximum atomic E-state index is 10.6. The number of benzene rings is 2. The van der Waals surface area contributed by atoms with Crippen molar-refractivity contribution in [3.8, 4) is 22.8 Å². The summed E-state index contributed by atoms with van der Waals surface area (Å²) in [7, 11) is 5.62. The van der Waals surface area contributed by atoms with E-state index in [4.69, 9.17) is 36.0 Å². The van der Waals surface area contributed by atoms with Gasteiger partial charge in [0.2, 0.25) is 0 Å².